The largest absolute Gasteiger partial charge is 0.353 e. The molecule has 3 atom stereocenters. The normalized spacial score (nSPS) is 31.0. The Balaban J connectivity index is 1.81. The molecule has 0 aromatic rings. The molecular weight excluding hydrogens is 302 g/mol. The van der Waals surface area contributed by atoms with Crippen LogP contribution in [0.2, 0.25) is 0 Å². The Hall–Kier alpha value is -0.650. The van der Waals surface area contributed by atoms with Crippen LogP contribution in [0.3, 0.4) is 0 Å². The molecule has 0 aromatic carbocycles. The Morgan fingerprint density at radius 1 is 1.25 bits per heavy atom. The van der Waals surface area contributed by atoms with Gasteiger partial charge < -0.3 is 16.3 Å². The first-order valence-electron chi connectivity index (χ1n) is 9.49. The molecule has 5 N–H and O–H groups in total. The van der Waals surface area contributed by atoms with Crippen molar-refractivity contribution in [2.75, 3.05) is 0 Å². The fraction of sp³-hybridized carbons (Fsp3) is 0.947. The van der Waals surface area contributed by atoms with Gasteiger partial charge in [-0.15, -0.1) is 0 Å². The van der Waals surface area contributed by atoms with E-state index >= 15 is 0 Å². The highest BCUT2D eigenvalue weighted by Crippen LogP contribution is 2.44. The lowest BCUT2D eigenvalue weighted by Crippen LogP contribution is -2.62. The third kappa shape index (κ3) is 4.70. The molecule has 0 radical (unpaired) electrons. The molecule has 0 aromatic heterocycles. The van der Waals surface area contributed by atoms with Crippen LogP contribution in [0.1, 0.15) is 73.6 Å². The van der Waals surface area contributed by atoms with Crippen molar-refractivity contribution in [1.82, 2.24) is 10.4 Å². The summed E-state index contributed by atoms with van der Waals surface area (Å²) in [5.41, 5.74) is 5.82. The van der Waals surface area contributed by atoms with Gasteiger partial charge in [-0.2, -0.15) is 0 Å². The van der Waals surface area contributed by atoms with E-state index in [1.165, 1.54) is 0 Å². The van der Waals surface area contributed by atoms with Gasteiger partial charge in [0.05, 0.1) is 11.1 Å². The van der Waals surface area contributed by atoms with E-state index < -0.39 is 0 Å². The van der Waals surface area contributed by atoms with E-state index in [0.29, 0.717) is 24.2 Å². The smallest absolute Gasteiger partial charge is 0.220 e. The van der Waals surface area contributed by atoms with Crippen molar-refractivity contribution in [3.63, 3.8) is 0 Å². The Kier molecular flexibility index (Phi) is 5.68. The van der Waals surface area contributed by atoms with Gasteiger partial charge >= 0.3 is 0 Å². The van der Waals surface area contributed by atoms with E-state index in [2.05, 4.69) is 46.9 Å². The molecule has 1 aliphatic carbocycles. The second-order valence-electron chi connectivity index (χ2n) is 9.79. The Bertz CT molecular complexity index is 444. The zero-order valence-corrected chi connectivity index (χ0v) is 16.4. The van der Waals surface area contributed by atoms with Gasteiger partial charge in [-0.3, -0.25) is 4.79 Å². The fourth-order valence-corrected chi connectivity index (χ4v) is 4.66. The summed E-state index contributed by atoms with van der Waals surface area (Å²) in [6.45, 7) is 12.7. The van der Waals surface area contributed by atoms with Gasteiger partial charge in [0.15, 0.2) is 0 Å². The number of nitrogens with one attached hydrogen (secondary N) is 1. The lowest BCUT2D eigenvalue weighted by atomic mass is 9.79. The number of piperidine rings is 1. The van der Waals surface area contributed by atoms with Crippen LogP contribution in [-0.2, 0) is 4.79 Å². The molecule has 1 saturated heterocycles. The molecule has 1 saturated carbocycles. The number of nitrogens with zero attached hydrogens (tertiary/aromatic N) is 1. The third-order valence-electron chi connectivity index (χ3n) is 5.79. The fourth-order valence-electron chi connectivity index (χ4n) is 4.66. The predicted molar refractivity (Wildman–Crippen MR) is 98.4 cm³/mol. The quantitative estimate of drug-likeness (QED) is 0.727. The standard InChI is InChI=1S/C19H37N3O2/c1-12(2)7-16(20)15-8-13(15)9-17(23)21-14-10-18(3,4)22(24)19(5,6)11-14/h12-16,24H,7-11,20H2,1-6H3,(H,21,23)/p+1/t13?,15?,16-/m0/s1. The number of carbonyl (C=O) groups is 1. The number of carbonyl (C=O) groups excluding carboxylic acids is 1. The summed E-state index contributed by atoms with van der Waals surface area (Å²) in [5, 5.41) is 13.2. The molecule has 1 amide bonds. The Morgan fingerprint density at radius 2 is 1.79 bits per heavy atom. The third-order valence-corrected chi connectivity index (χ3v) is 5.79. The zero-order valence-electron chi connectivity index (χ0n) is 16.4. The summed E-state index contributed by atoms with van der Waals surface area (Å²) in [6, 6.07) is 0.401. The maximum Gasteiger partial charge on any atom is 0.220 e. The summed E-state index contributed by atoms with van der Waals surface area (Å²) >= 11 is 0. The molecule has 2 unspecified atom stereocenters. The van der Waals surface area contributed by atoms with Gasteiger partial charge in [-0.25, -0.2) is 0 Å². The van der Waals surface area contributed by atoms with Crippen molar-refractivity contribution in [3.8, 4) is 0 Å². The minimum absolute atomic E-state index is 0.158. The summed E-state index contributed by atoms with van der Waals surface area (Å²) in [7, 11) is 0. The van der Waals surface area contributed by atoms with Crippen LogP contribution in [0.15, 0.2) is 0 Å². The second kappa shape index (κ2) is 6.93. The Labute approximate surface area is 147 Å². The van der Waals surface area contributed by atoms with Gasteiger partial charge in [0.1, 0.15) is 0 Å². The molecule has 0 bridgehead atoms. The van der Waals surface area contributed by atoms with Crippen molar-refractivity contribution in [2.24, 2.45) is 23.5 Å². The van der Waals surface area contributed by atoms with Crippen molar-refractivity contribution in [3.05, 3.63) is 0 Å². The molecule has 2 aliphatic rings. The van der Waals surface area contributed by atoms with Crippen LogP contribution in [0, 0.1) is 17.8 Å². The molecule has 2 fully saturated rings. The van der Waals surface area contributed by atoms with Crippen molar-refractivity contribution in [1.29, 1.82) is 0 Å². The van der Waals surface area contributed by atoms with Crippen LogP contribution < -0.4 is 11.1 Å². The summed E-state index contributed by atoms with van der Waals surface area (Å²) in [5.74, 6) is 1.78. The highest BCUT2D eigenvalue weighted by Gasteiger charge is 2.49. The second-order valence-corrected chi connectivity index (χ2v) is 9.79. The summed E-state index contributed by atoms with van der Waals surface area (Å²) < 4.78 is 0. The van der Waals surface area contributed by atoms with Gasteiger partial charge in [0.2, 0.25) is 5.91 Å². The van der Waals surface area contributed by atoms with E-state index in [0.717, 1.165) is 25.7 Å². The summed E-state index contributed by atoms with van der Waals surface area (Å²) in [6.07, 6.45) is 4.41. The zero-order chi connectivity index (χ0) is 18.3. The predicted octanol–water partition coefficient (Wildman–Crippen LogP) is 2.16. The monoisotopic (exact) mass is 340 g/mol. The lowest BCUT2D eigenvalue weighted by Gasteiger charge is -2.47. The van der Waals surface area contributed by atoms with E-state index in [4.69, 9.17) is 10.9 Å². The molecule has 5 heteroatoms. The molecule has 1 heterocycles. The first-order chi connectivity index (χ1) is 10.9. The summed E-state index contributed by atoms with van der Waals surface area (Å²) in [4.78, 5) is 12.4. The first-order valence-corrected chi connectivity index (χ1v) is 9.49. The number of hydroxylamine groups is 2. The average Bonchev–Trinajstić information content (AvgIpc) is 3.13. The van der Waals surface area contributed by atoms with Crippen molar-refractivity contribution in [2.45, 2.75) is 96.8 Å². The highest BCUT2D eigenvalue weighted by atomic mass is 16.5. The average molecular weight is 341 g/mol. The van der Waals surface area contributed by atoms with Crippen LogP contribution in [0.5, 0.6) is 0 Å². The van der Waals surface area contributed by atoms with Crippen LogP contribution >= 0.6 is 0 Å². The highest BCUT2D eigenvalue weighted by molar-refractivity contribution is 5.77. The van der Waals surface area contributed by atoms with Crippen molar-refractivity contribution >= 4 is 5.91 Å². The molecule has 1 aliphatic heterocycles. The SMILES string of the molecule is CC(C)C[C@H](N)C1CC1CC(=O)NC1CC(C)(C)N([OH2+])C(C)(C)C1. The molecule has 24 heavy (non-hydrogen) atoms. The van der Waals surface area contributed by atoms with Gasteiger partial charge in [-0.1, -0.05) is 18.9 Å². The van der Waals surface area contributed by atoms with Gasteiger partial charge in [0, 0.05) is 18.5 Å². The molecule has 0 spiro atoms. The van der Waals surface area contributed by atoms with Crippen LogP contribution in [-0.4, -0.2) is 39.3 Å². The minimum Gasteiger partial charge on any atom is -0.353 e. The number of hydrogen-bond donors (Lipinski definition) is 2. The molecule has 5 nitrogen and oxygen atoms in total. The van der Waals surface area contributed by atoms with Crippen LogP contribution in [0.25, 0.3) is 0 Å². The topological polar surface area (TPSA) is 81.3 Å². The van der Waals surface area contributed by atoms with Gasteiger partial charge in [0.25, 0.3) is 0 Å². The molecule has 2 rings (SSSR count). The minimum atomic E-state index is -0.221. The molecule has 140 valence electrons. The van der Waals surface area contributed by atoms with E-state index in [-0.39, 0.29) is 29.1 Å². The first kappa shape index (κ1) is 19.7. The lowest BCUT2D eigenvalue weighted by molar-refractivity contribution is -0.246. The number of amides is 1. The van der Waals surface area contributed by atoms with Gasteiger partial charge in [-0.05, 0) is 71.1 Å². The Morgan fingerprint density at radius 3 is 2.29 bits per heavy atom. The van der Waals surface area contributed by atoms with Crippen LogP contribution in [0.4, 0.5) is 0 Å². The number of rotatable bonds is 6. The number of hydrogen-bond acceptors (Lipinski definition) is 3. The van der Waals surface area contributed by atoms with Crippen molar-refractivity contribution < 1.29 is 10.0 Å². The molecular formula is C19H38N3O2+. The number of nitrogens with two attached hydrogens (primary N) is 1. The maximum atomic E-state index is 12.4. The van der Waals surface area contributed by atoms with E-state index in [9.17, 15) is 4.79 Å². The maximum absolute atomic E-state index is 12.4. The van der Waals surface area contributed by atoms with E-state index in [1.54, 1.807) is 5.06 Å². The van der Waals surface area contributed by atoms with E-state index in [1.807, 2.05) is 0 Å².